The molecule has 90 valence electrons. The van der Waals surface area contributed by atoms with Crippen LogP contribution in [0.25, 0.3) is 32.9 Å². The van der Waals surface area contributed by atoms with Crippen molar-refractivity contribution in [3.05, 3.63) is 72.8 Å². The fourth-order valence-corrected chi connectivity index (χ4v) is 2.65. The van der Waals surface area contributed by atoms with Crippen LogP contribution in [-0.4, -0.2) is 4.98 Å². The van der Waals surface area contributed by atoms with E-state index in [0.29, 0.717) is 6.04 Å². The maximum Gasteiger partial charge on any atom is 0.0623 e. The maximum absolute atomic E-state index is 8.07. The second-order valence-electron chi connectivity index (χ2n) is 4.69. The molecule has 0 saturated heterocycles. The lowest BCUT2D eigenvalue weighted by Crippen LogP contribution is -1.79. The molecule has 1 heteroatoms. The molecule has 0 aliphatic carbocycles. The summed E-state index contributed by atoms with van der Waals surface area (Å²) in [5.74, 6) is 0. The van der Waals surface area contributed by atoms with E-state index in [1.54, 1.807) is 0 Å². The first-order valence-corrected chi connectivity index (χ1v) is 6.39. The fourth-order valence-electron chi connectivity index (χ4n) is 2.65. The third kappa shape index (κ3) is 1.55. The summed E-state index contributed by atoms with van der Waals surface area (Å²) in [5, 5.41) is 2.29. The Bertz CT molecular complexity index is 907. The molecular weight excluding hydrogens is 230 g/mol. The molecule has 0 amide bonds. The Morgan fingerprint density at radius 3 is 2.42 bits per heavy atom. The SMILES string of the molecule is [2H]c1cc(-c2ccccc2)c2[nH]c3ccccc3c2c1. The first-order chi connectivity index (χ1) is 9.83. The number of hydrogen-bond acceptors (Lipinski definition) is 0. The third-order valence-corrected chi connectivity index (χ3v) is 3.56. The first kappa shape index (κ1) is 9.40. The number of benzene rings is 3. The van der Waals surface area contributed by atoms with E-state index in [1.807, 2.05) is 42.5 Å². The first-order valence-electron chi connectivity index (χ1n) is 6.89. The zero-order valence-corrected chi connectivity index (χ0v) is 10.4. The zero-order chi connectivity index (χ0) is 13.5. The standard InChI is InChI=1S/C18H13N/c1-2-7-13(8-3-1)14-10-6-11-16-15-9-4-5-12-17(15)19-18(14)16/h1-12,19H/i6D. The van der Waals surface area contributed by atoms with Crippen molar-refractivity contribution in [2.75, 3.05) is 0 Å². The summed E-state index contributed by atoms with van der Waals surface area (Å²) in [6, 6.07) is 22.9. The van der Waals surface area contributed by atoms with Crippen LogP contribution in [0.5, 0.6) is 0 Å². The van der Waals surface area contributed by atoms with Crippen molar-refractivity contribution in [2.24, 2.45) is 0 Å². The Morgan fingerprint density at radius 2 is 1.53 bits per heavy atom. The van der Waals surface area contributed by atoms with Gasteiger partial charge in [-0.05, 0) is 11.6 Å². The lowest BCUT2D eigenvalue weighted by Gasteiger charge is -2.03. The summed E-state index contributed by atoms with van der Waals surface area (Å²) in [5.41, 5.74) is 4.45. The summed E-state index contributed by atoms with van der Waals surface area (Å²) in [4.78, 5) is 3.49. The van der Waals surface area contributed by atoms with Crippen molar-refractivity contribution in [1.29, 1.82) is 0 Å². The summed E-state index contributed by atoms with van der Waals surface area (Å²) in [7, 11) is 0. The van der Waals surface area contributed by atoms with Gasteiger partial charge >= 0.3 is 0 Å². The van der Waals surface area contributed by atoms with Gasteiger partial charge in [-0.1, -0.05) is 66.7 Å². The van der Waals surface area contributed by atoms with Crippen molar-refractivity contribution in [1.82, 2.24) is 4.98 Å². The molecule has 19 heavy (non-hydrogen) atoms. The van der Waals surface area contributed by atoms with E-state index in [1.165, 1.54) is 5.39 Å². The van der Waals surface area contributed by atoms with Gasteiger partial charge in [-0.15, -0.1) is 0 Å². The van der Waals surface area contributed by atoms with Gasteiger partial charge in [-0.3, -0.25) is 0 Å². The second kappa shape index (κ2) is 3.99. The normalized spacial score (nSPS) is 11.9. The largest absolute Gasteiger partial charge is 0.354 e. The highest BCUT2D eigenvalue weighted by molar-refractivity contribution is 6.11. The summed E-state index contributed by atoms with van der Waals surface area (Å²) < 4.78 is 8.07. The van der Waals surface area contributed by atoms with E-state index in [0.717, 1.165) is 27.5 Å². The average molecular weight is 244 g/mol. The monoisotopic (exact) mass is 244 g/mol. The van der Waals surface area contributed by atoms with Crippen molar-refractivity contribution in [3.8, 4) is 11.1 Å². The predicted molar refractivity (Wildman–Crippen MR) is 81.2 cm³/mol. The van der Waals surface area contributed by atoms with E-state index >= 15 is 0 Å². The smallest absolute Gasteiger partial charge is 0.0623 e. The third-order valence-electron chi connectivity index (χ3n) is 3.56. The van der Waals surface area contributed by atoms with Crippen LogP contribution in [-0.2, 0) is 0 Å². The predicted octanol–water partition coefficient (Wildman–Crippen LogP) is 4.99. The molecule has 0 atom stereocenters. The number of nitrogens with one attached hydrogen (secondary N) is 1. The molecule has 0 unspecified atom stereocenters. The minimum atomic E-state index is 0.543. The van der Waals surface area contributed by atoms with Gasteiger partial charge in [0, 0.05) is 21.9 Å². The van der Waals surface area contributed by atoms with Crippen LogP contribution in [0.15, 0.2) is 72.8 Å². The van der Waals surface area contributed by atoms with Crippen molar-refractivity contribution in [3.63, 3.8) is 0 Å². The summed E-state index contributed by atoms with van der Waals surface area (Å²) >= 11 is 0. The lowest BCUT2D eigenvalue weighted by molar-refractivity contribution is 1.53. The van der Waals surface area contributed by atoms with Gasteiger partial charge in [0.2, 0.25) is 0 Å². The van der Waals surface area contributed by atoms with Crippen molar-refractivity contribution < 1.29 is 1.37 Å². The van der Waals surface area contributed by atoms with Crippen LogP contribution in [0.2, 0.25) is 0 Å². The van der Waals surface area contributed by atoms with E-state index in [9.17, 15) is 0 Å². The Labute approximate surface area is 112 Å². The van der Waals surface area contributed by atoms with Crippen LogP contribution in [0.4, 0.5) is 0 Å². The molecule has 4 aromatic rings. The number of aromatic nitrogens is 1. The molecule has 0 aliphatic heterocycles. The molecule has 1 nitrogen and oxygen atoms in total. The number of para-hydroxylation sites is 2. The summed E-state index contributed by atoms with van der Waals surface area (Å²) in [6.07, 6.45) is 0. The highest BCUT2D eigenvalue weighted by atomic mass is 14.7. The van der Waals surface area contributed by atoms with E-state index in [2.05, 4.69) is 29.2 Å². The van der Waals surface area contributed by atoms with Crippen LogP contribution in [0.3, 0.4) is 0 Å². The Hall–Kier alpha value is -2.54. The van der Waals surface area contributed by atoms with Gasteiger partial charge in [-0.25, -0.2) is 0 Å². The highest BCUT2D eigenvalue weighted by Gasteiger charge is 2.08. The van der Waals surface area contributed by atoms with Gasteiger partial charge < -0.3 is 4.98 Å². The van der Waals surface area contributed by atoms with Gasteiger partial charge in [0.25, 0.3) is 0 Å². The van der Waals surface area contributed by atoms with Crippen LogP contribution < -0.4 is 0 Å². The summed E-state index contributed by atoms with van der Waals surface area (Å²) in [6.45, 7) is 0. The molecule has 4 rings (SSSR count). The van der Waals surface area contributed by atoms with Crippen LogP contribution in [0.1, 0.15) is 1.37 Å². The fraction of sp³-hybridized carbons (Fsp3) is 0. The molecule has 1 heterocycles. The Morgan fingerprint density at radius 1 is 0.737 bits per heavy atom. The molecule has 0 bridgehead atoms. The number of rotatable bonds is 1. The van der Waals surface area contributed by atoms with Gasteiger partial charge in [0.15, 0.2) is 0 Å². The minimum Gasteiger partial charge on any atom is -0.354 e. The average Bonchev–Trinajstić information content (AvgIpc) is 2.86. The molecule has 0 saturated carbocycles. The van der Waals surface area contributed by atoms with Crippen LogP contribution in [0, 0.1) is 0 Å². The molecule has 0 spiro atoms. The van der Waals surface area contributed by atoms with Crippen LogP contribution >= 0.6 is 0 Å². The molecule has 1 aromatic heterocycles. The molecule has 0 fully saturated rings. The number of aromatic amines is 1. The Balaban J connectivity index is 2.16. The molecular formula is C18H13N. The topological polar surface area (TPSA) is 15.8 Å². The quantitative estimate of drug-likeness (QED) is 0.485. The number of fused-ring (bicyclic) bond motifs is 3. The van der Waals surface area contributed by atoms with Crippen molar-refractivity contribution >= 4 is 21.8 Å². The van der Waals surface area contributed by atoms with E-state index < -0.39 is 0 Å². The van der Waals surface area contributed by atoms with Gasteiger partial charge in [-0.2, -0.15) is 0 Å². The molecule has 3 aromatic carbocycles. The molecule has 0 aliphatic rings. The number of hydrogen-bond donors (Lipinski definition) is 1. The van der Waals surface area contributed by atoms with Gasteiger partial charge in [0.05, 0.1) is 6.89 Å². The van der Waals surface area contributed by atoms with E-state index in [-0.39, 0.29) is 0 Å². The molecule has 1 N–H and O–H groups in total. The number of H-pyrrole nitrogens is 1. The maximum atomic E-state index is 8.07. The zero-order valence-electron chi connectivity index (χ0n) is 11.4. The van der Waals surface area contributed by atoms with E-state index in [4.69, 9.17) is 1.37 Å². The second-order valence-corrected chi connectivity index (χ2v) is 4.69. The van der Waals surface area contributed by atoms with Crippen molar-refractivity contribution in [2.45, 2.75) is 0 Å². The minimum absolute atomic E-state index is 0.543. The van der Waals surface area contributed by atoms with Gasteiger partial charge in [0.1, 0.15) is 0 Å². The highest BCUT2D eigenvalue weighted by Crippen LogP contribution is 2.32. The Kier molecular flexibility index (Phi) is 1.97. The molecule has 0 radical (unpaired) electrons. The lowest BCUT2D eigenvalue weighted by atomic mass is 10.0.